The fourth-order valence-electron chi connectivity index (χ4n) is 3.65. The van der Waals surface area contributed by atoms with Crippen molar-refractivity contribution >= 4 is 0 Å². The van der Waals surface area contributed by atoms with Gasteiger partial charge >= 0.3 is 0 Å². The molecular formula is C14H26O2. The average molecular weight is 226 g/mol. The molecule has 2 aliphatic rings. The van der Waals surface area contributed by atoms with Gasteiger partial charge in [-0.1, -0.05) is 38.5 Å². The highest BCUT2D eigenvalue weighted by Crippen LogP contribution is 2.41. The Morgan fingerprint density at radius 1 is 1.00 bits per heavy atom. The Kier molecular flexibility index (Phi) is 4.26. The summed E-state index contributed by atoms with van der Waals surface area (Å²) < 4.78 is 5.70. The third kappa shape index (κ3) is 2.43. The van der Waals surface area contributed by atoms with E-state index in [0.29, 0.717) is 5.92 Å². The Bertz CT molecular complexity index is 201. The van der Waals surface area contributed by atoms with Crippen LogP contribution in [-0.2, 0) is 4.74 Å². The standard InChI is InChI=1S/C14H26O2/c1-16-14(10-6-7-11-14)13(15)12-8-4-2-3-5-9-12/h12-13,15H,2-11H2,1H3. The van der Waals surface area contributed by atoms with Crippen LogP contribution in [0.2, 0.25) is 0 Å². The van der Waals surface area contributed by atoms with Crippen LogP contribution in [0.5, 0.6) is 0 Å². The SMILES string of the molecule is COC1(C(O)C2CCCCCC2)CCCC1. The quantitative estimate of drug-likeness (QED) is 0.748. The first-order valence-electron chi connectivity index (χ1n) is 7.02. The molecule has 0 radical (unpaired) electrons. The molecule has 0 aromatic heterocycles. The van der Waals surface area contributed by atoms with Crippen LogP contribution in [0.4, 0.5) is 0 Å². The van der Waals surface area contributed by atoms with E-state index in [1.54, 1.807) is 7.11 Å². The summed E-state index contributed by atoms with van der Waals surface area (Å²) >= 11 is 0. The number of rotatable bonds is 3. The van der Waals surface area contributed by atoms with Gasteiger partial charge < -0.3 is 9.84 Å². The van der Waals surface area contributed by atoms with Gasteiger partial charge in [-0.05, 0) is 31.6 Å². The Morgan fingerprint density at radius 2 is 1.56 bits per heavy atom. The minimum Gasteiger partial charge on any atom is -0.390 e. The van der Waals surface area contributed by atoms with E-state index >= 15 is 0 Å². The first-order chi connectivity index (χ1) is 7.78. The molecule has 0 aromatic carbocycles. The molecule has 0 heterocycles. The molecule has 0 aromatic rings. The molecule has 2 nitrogen and oxygen atoms in total. The van der Waals surface area contributed by atoms with Gasteiger partial charge in [0.2, 0.25) is 0 Å². The lowest BCUT2D eigenvalue weighted by molar-refractivity contribution is -0.122. The van der Waals surface area contributed by atoms with E-state index in [2.05, 4.69) is 0 Å². The van der Waals surface area contributed by atoms with E-state index in [1.165, 1.54) is 51.4 Å². The summed E-state index contributed by atoms with van der Waals surface area (Å²) in [4.78, 5) is 0. The Balaban J connectivity index is 2.00. The minimum atomic E-state index is -0.224. The number of methoxy groups -OCH3 is 1. The van der Waals surface area contributed by atoms with Crippen LogP contribution in [-0.4, -0.2) is 23.9 Å². The van der Waals surface area contributed by atoms with Crippen molar-refractivity contribution in [2.75, 3.05) is 7.11 Å². The molecule has 2 fully saturated rings. The maximum absolute atomic E-state index is 10.6. The molecule has 0 spiro atoms. The van der Waals surface area contributed by atoms with Crippen LogP contribution in [0.15, 0.2) is 0 Å². The van der Waals surface area contributed by atoms with E-state index in [1.807, 2.05) is 0 Å². The smallest absolute Gasteiger partial charge is 0.0939 e. The predicted octanol–water partition coefficient (Wildman–Crippen LogP) is 3.28. The average Bonchev–Trinajstić information content (AvgIpc) is 2.64. The third-order valence-electron chi connectivity index (χ3n) is 4.74. The molecule has 0 saturated heterocycles. The fraction of sp³-hybridized carbons (Fsp3) is 1.00. The summed E-state index contributed by atoms with van der Waals surface area (Å²) in [5.74, 6) is 0.487. The maximum atomic E-state index is 10.6. The van der Waals surface area contributed by atoms with Crippen LogP contribution in [0, 0.1) is 5.92 Å². The second-order valence-electron chi connectivity index (χ2n) is 5.67. The Morgan fingerprint density at radius 3 is 2.06 bits per heavy atom. The van der Waals surface area contributed by atoms with E-state index in [0.717, 1.165) is 12.8 Å². The molecule has 1 N–H and O–H groups in total. The van der Waals surface area contributed by atoms with Crippen molar-refractivity contribution < 1.29 is 9.84 Å². The van der Waals surface area contributed by atoms with Crippen LogP contribution in [0.3, 0.4) is 0 Å². The van der Waals surface area contributed by atoms with Gasteiger partial charge in [0, 0.05) is 7.11 Å². The van der Waals surface area contributed by atoms with Gasteiger partial charge in [-0.3, -0.25) is 0 Å². The van der Waals surface area contributed by atoms with Gasteiger partial charge in [0.1, 0.15) is 0 Å². The maximum Gasteiger partial charge on any atom is 0.0939 e. The molecule has 1 atom stereocenters. The highest BCUT2D eigenvalue weighted by atomic mass is 16.5. The largest absolute Gasteiger partial charge is 0.390 e. The summed E-state index contributed by atoms with van der Waals surface area (Å²) in [5.41, 5.74) is -0.199. The molecule has 94 valence electrons. The second kappa shape index (κ2) is 5.50. The molecule has 2 rings (SSSR count). The lowest BCUT2D eigenvalue weighted by Gasteiger charge is -2.37. The zero-order valence-electron chi connectivity index (χ0n) is 10.6. The molecule has 16 heavy (non-hydrogen) atoms. The van der Waals surface area contributed by atoms with Gasteiger partial charge in [-0.2, -0.15) is 0 Å². The van der Waals surface area contributed by atoms with Gasteiger partial charge in [0.15, 0.2) is 0 Å². The second-order valence-corrected chi connectivity index (χ2v) is 5.67. The first-order valence-corrected chi connectivity index (χ1v) is 7.02. The Hall–Kier alpha value is -0.0800. The van der Waals surface area contributed by atoms with Crippen LogP contribution in [0.1, 0.15) is 64.2 Å². The van der Waals surface area contributed by atoms with Crippen LogP contribution < -0.4 is 0 Å². The van der Waals surface area contributed by atoms with Crippen molar-refractivity contribution in [2.45, 2.75) is 75.9 Å². The number of hydrogen-bond acceptors (Lipinski definition) is 2. The number of aliphatic hydroxyl groups is 1. The number of ether oxygens (including phenoxy) is 1. The van der Waals surface area contributed by atoms with E-state index < -0.39 is 0 Å². The van der Waals surface area contributed by atoms with Crippen molar-refractivity contribution in [1.29, 1.82) is 0 Å². The molecule has 2 saturated carbocycles. The first kappa shape index (κ1) is 12.4. The molecule has 0 aliphatic heterocycles. The van der Waals surface area contributed by atoms with Crippen LogP contribution in [0.25, 0.3) is 0 Å². The molecule has 1 unspecified atom stereocenters. The van der Waals surface area contributed by atoms with Gasteiger partial charge in [0.05, 0.1) is 11.7 Å². The van der Waals surface area contributed by atoms with Crippen molar-refractivity contribution in [2.24, 2.45) is 5.92 Å². The number of aliphatic hydroxyl groups excluding tert-OH is 1. The summed E-state index contributed by atoms with van der Waals surface area (Å²) in [6, 6.07) is 0. The van der Waals surface area contributed by atoms with E-state index in [-0.39, 0.29) is 11.7 Å². The highest BCUT2D eigenvalue weighted by Gasteiger charge is 2.44. The lowest BCUT2D eigenvalue weighted by atomic mass is 9.81. The zero-order valence-corrected chi connectivity index (χ0v) is 10.6. The van der Waals surface area contributed by atoms with Crippen molar-refractivity contribution in [3.63, 3.8) is 0 Å². The summed E-state index contributed by atoms with van der Waals surface area (Å²) in [6.07, 6.45) is 12.0. The summed E-state index contributed by atoms with van der Waals surface area (Å²) in [7, 11) is 1.78. The molecule has 2 heteroatoms. The lowest BCUT2D eigenvalue weighted by Crippen LogP contribution is -2.46. The van der Waals surface area contributed by atoms with Crippen LogP contribution >= 0.6 is 0 Å². The monoisotopic (exact) mass is 226 g/mol. The molecule has 2 aliphatic carbocycles. The molecular weight excluding hydrogens is 200 g/mol. The highest BCUT2D eigenvalue weighted by molar-refractivity contribution is 4.95. The zero-order chi connectivity index (χ0) is 11.4. The summed E-state index contributed by atoms with van der Waals surface area (Å²) in [5, 5.41) is 10.6. The Labute approximate surface area is 99.4 Å². The number of hydrogen-bond donors (Lipinski definition) is 1. The van der Waals surface area contributed by atoms with E-state index in [4.69, 9.17) is 4.74 Å². The van der Waals surface area contributed by atoms with Crippen molar-refractivity contribution in [3.05, 3.63) is 0 Å². The topological polar surface area (TPSA) is 29.5 Å². The minimum absolute atomic E-state index is 0.199. The molecule has 0 bridgehead atoms. The van der Waals surface area contributed by atoms with Gasteiger partial charge in [0.25, 0.3) is 0 Å². The van der Waals surface area contributed by atoms with E-state index in [9.17, 15) is 5.11 Å². The van der Waals surface area contributed by atoms with Crippen molar-refractivity contribution in [1.82, 2.24) is 0 Å². The normalized spacial score (nSPS) is 28.9. The summed E-state index contributed by atoms with van der Waals surface area (Å²) in [6.45, 7) is 0. The predicted molar refractivity (Wildman–Crippen MR) is 65.4 cm³/mol. The van der Waals surface area contributed by atoms with Gasteiger partial charge in [-0.15, -0.1) is 0 Å². The third-order valence-corrected chi connectivity index (χ3v) is 4.74. The van der Waals surface area contributed by atoms with Crippen molar-refractivity contribution in [3.8, 4) is 0 Å². The fourth-order valence-corrected chi connectivity index (χ4v) is 3.65. The molecule has 0 amide bonds. The van der Waals surface area contributed by atoms with Gasteiger partial charge in [-0.25, -0.2) is 0 Å².